The van der Waals surface area contributed by atoms with Crippen molar-refractivity contribution in [2.45, 2.75) is 107 Å². The lowest BCUT2D eigenvalue weighted by atomic mass is 9.74. The van der Waals surface area contributed by atoms with Crippen LogP contribution in [0, 0.1) is 10.8 Å². The average Bonchev–Trinajstić information content (AvgIpc) is 2.75. The molecule has 5 rings (SSSR count). The van der Waals surface area contributed by atoms with E-state index in [1.807, 2.05) is 0 Å². The van der Waals surface area contributed by atoms with Crippen molar-refractivity contribution in [2.24, 2.45) is 10.8 Å². The van der Waals surface area contributed by atoms with Gasteiger partial charge in [0.25, 0.3) is 0 Å². The highest BCUT2D eigenvalue weighted by atomic mass is 14.3. The molecule has 5 aromatic rings. The monoisotopic (exact) mass is 504 g/mol. The maximum atomic E-state index is 2.44. The first-order valence-corrected chi connectivity index (χ1v) is 14.6. The Balaban J connectivity index is 2.04. The van der Waals surface area contributed by atoms with E-state index in [4.69, 9.17) is 0 Å². The van der Waals surface area contributed by atoms with Crippen molar-refractivity contribution >= 4 is 43.1 Å². The van der Waals surface area contributed by atoms with Gasteiger partial charge in [0.15, 0.2) is 0 Å². The zero-order valence-corrected chi connectivity index (χ0v) is 26.0. The Hall–Kier alpha value is -2.60. The van der Waals surface area contributed by atoms with Crippen LogP contribution in [0.3, 0.4) is 0 Å². The fraction of sp³-hybridized carbons (Fsp3) is 0.474. The van der Waals surface area contributed by atoms with Crippen LogP contribution in [-0.4, -0.2) is 0 Å². The highest BCUT2D eigenvalue weighted by molar-refractivity contribution is 6.34. The predicted octanol–water partition coefficient (Wildman–Crippen LogP) is 11.5. The molecule has 0 aromatic heterocycles. The quantitative estimate of drug-likeness (QED) is 0.166. The van der Waals surface area contributed by atoms with Crippen molar-refractivity contribution in [3.05, 3.63) is 70.8 Å². The molecule has 0 atom stereocenters. The second-order valence-electron chi connectivity index (χ2n) is 16.3. The summed E-state index contributed by atoms with van der Waals surface area (Å²) >= 11 is 0. The molecule has 0 saturated heterocycles. The molecule has 0 heterocycles. The molecule has 0 heteroatoms. The number of hydrogen-bond acceptors (Lipinski definition) is 0. The van der Waals surface area contributed by atoms with E-state index in [0.29, 0.717) is 0 Å². The standard InChI is InChI=1S/C38H48/c1-35(2,3)21-23-13-15-25-26-16-14-24(22-36(4,5)6)32-30(38(10,11)12)20-18-28(34(26)32)27-17-19-29(37(7,8)9)31(23)33(25)27/h13-20H,21-22H2,1-12H3. The molecule has 0 radical (unpaired) electrons. The molecule has 38 heavy (non-hydrogen) atoms. The van der Waals surface area contributed by atoms with Crippen LogP contribution < -0.4 is 0 Å². The normalized spacial score (nSPS) is 14.0. The second kappa shape index (κ2) is 8.45. The summed E-state index contributed by atoms with van der Waals surface area (Å²) in [5.74, 6) is 0. The average molecular weight is 505 g/mol. The summed E-state index contributed by atoms with van der Waals surface area (Å²) in [5.41, 5.74) is 6.51. The summed E-state index contributed by atoms with van der Waals surface area (Å²) in [6.07, 6.45) is 2.15. The van der Waals surface area contributed by atoms with Gasteiger partial charge in [-0.15, -0.1) is 0 Å². The van der Waals surface area contributed by atoms with Crippen LogP contribution in [0.4, 0.5) is 0 Å². The Morgan fingerprint density at radius 3 is 0.921 bits per heavy atom. The molecule has 0 spiro atoms. The molecule has 0 unspecified atom stereocenters. The van der Waals surface area contributed by atoms with E-state index in [1.54, 1.807) is 0 Å². The fourth-order valence-corrected chi connectivity index (χ4v) is 6.72. The smallest absolute Gasteiger partial charge is 0.00206 e. The Morgan fingerprint density at radius 1 is 0.368 bits per heavy atom. The molecule has 200 valence electrons. The highest BCUT2D eigenvalue weighted by Gasteiger charge is 2.27. The minimum Gasteiger partial charge on any atom is -0.0599 e. The van der Waals surface area contributed by atoms with Gasteiger partial charge in [-0.05, 0) is 99.8 Å². The lowest BCUT2D eigenvalue weighted by molar-refractivity contribution is 0.412. The fourth-order valence-electron chi connectivity index (χ4n) is 6.72. The van der Waals surface area contributed by atoms with Crippen LogP contribution >= 0.6 is 0 Å². The first-order valence-electron chi connectivity index (χ1n) is 14.6. The first kappa shape index (κ1) is 27.0. The molecule has 0 aliphatic heterocycles. The summed E-state index contributed by atoms with van der Waals surface area (Å²) in [5, 5.41) is 11.5. The summed E-state index contributed by atoms with van der Waals surface area (Å²) in [4.78, 5) is 0. The Morgan fingerprint density at radius 2 is 0.658 bits per heavy atom. The van der Waals surface area contributed by atoms with Crippen LogP contribution in [0.15, 0.2) is 48.5 Å². The van der Waals surface area contributed by atoms with Gasteiger partial charge in [0.1, 0.15) is 0 Å². The van der Waals surface area contributed by atoms with Crippen molar-refractivity contribution in [3.63, 3.8) is 0 Å². The Bertz CT molecular complexity index is 1520. The van der Waals surface area contributed by atoms with Gasteiger partial charge in [-0.1, -0.05) is 132 Å². The Labute approximate surface area is 231 Å². The van der Waals surface area contributed by atoms with Crippen molar-refractivity contribution in [2.75, 3.05) is 0 Å². The molecule has 5 aromatic carbocycles. The van der Waals surface area contributed by atoms with Gasteiger partial charge in [-0.25, -0.2) is 0 Å². The summed E-state index contributed by atoms with van der Waals surface area (Å²) in [6.45, 7) is 28.4. The molecular weight excluding hydrogens is 456 g/mol. The van der Waals surface area contributed by atoms with Gasteiger partial charge in [0, 0.05) is 0 Å². The second-order valence-corrected chi connectivity index (χ2v) is 16.3. The van der Waals surface area contributed by atoms with Gasteiger partial charge in [0.2, 0.25) is 0 Å². The van der Waals surface area contributed by atoms with E-state index >= 15 is 0 Å². The third-order valence-electron chi connectivity index (χ3n) is 8.13. The number of hydrogen-bond donors (Lipinski definition) is 0. The molecule has 0 aliphatic rings. The maximum absolute atomic E-state index is 2.44. The maximum Gasteiger partial charge on any atom is -0.00206 e. The van der Waals surface area contributed by atoms with Crippen LogP contribution in [0.2, 0.25) is 0 Å². The minimum absolute atomic E-state index is 0.0754. The van der Waals surface area contributed by atoms with Crippen molar-refractivity contribution in [1.29, 1.82) is 0 Å². The Kier molecular flexibility index (Phi) is 6.00. The molecular formula is C38H48. The highest BCUT2D eigenvalue weighted by Crippen LogP contribution is 2.48. The largest absolute Gasteiger partial charge is 0.0599 e. The van der Waals surface area contributed by atoms with Gasteiger partial charge in [-0.2, -0.15) is 0 Å². The van der Waals surface area contributed by atoms with Gasteiger partial charge in [-0.3, -0.25) is 0 Å². The molecule has 0 amide bonds. The minimum atomic E-state index is 0.0754. The zero-order valence-electron chi connectivity index (χ0n) is 26.0. The van der Waals surface area contributed by atoms with E-state index in [1.165, 1.54) is 65.3 Å². The van der Waals surface area contributed by atoms with Gasteiger partial charge in [0.05, 0.1) is 0 Å². The van der Waals surface area contributed by atoms with Crippen LogP contribution in [-0.2, 0) is 23.7 Å². The van der Waals surface area contributed by atoms with Crippen LogP contribution in [0.5, 0.6) is 0 Å². The van der Waals surface area contributed by atoms with Crippen molar-refractivity contribution in [1.82, 2.24) is 0 Å². The van der Waals surface area contributed by atoms with E-state index < -0.39 is 0 Å². The van der Waals surface area contributed by atoms with E-state index in [2.05, 4.69) is 132 Å². The first-order chi connectivity index (χ1) is 17.4. The van der Waals surface area contributed by atoms with E-state index in [-0.39, 0.29) is 21.7 Å². The lowest BCUT2D eigenvalue weighted by Crippen LogP contribution is -2.16. The molecule has 0 bridgehead atoms. The lowest BCUT2D eigenvalue weighted by Gasteiger charge is -2.29. The number of benzene rings is 5. The topological polar surface area (TPSA) is 0 Å². The van der Waals surface area contributed by atoms with Gasteiger partial charge < -0.3 is 0 Å². The van der Waals surface area contributed by atoms with E-state index in [0.717, 1.165) is 12.8 Å². The van der Waals surface area contributed by atoms with Crippen molar-refractivity contribution in [3.8, 4) is 0 Å². The summed E-state index contributed by atoms with van der Waals surface area (Å²) in [7, 11) is 0. The third-order valence-corrected chi connectivity index (χ3v) is 8.13. The molecule has 0 N–H and O–H groups in total. The number of fused-ring (bicyclic) bond motifs is 2. The molecule has 0 fully saturated rings. The molecule has 0 nitrogen and oxygen atoms in total. The predicted molar refractivity (Wildman–Crippen MR) is 171 cm³/mol. The third kappa shape index (κ3) is 4.59. The molecule has 0 saturated carbocycles. The molecule has 0 aliphatic carbocycles. The van der Waals surface area contributed by atoms with Gasteiger partial charge >= 0.3 is 0 Å². The van der Waals surface area contributed by atoms with E-state index in [9.17, 15) is 0 Å². The summed E-state index contributed by atoms with van der Waals surface area (Å²) < 4.78 is 0. The van der Waals surface area contributed by atoms with Crippen LogP contribution in [0.1, 0.15) is 105 Å². The zero-order chi connectivity index (χ0) is 28.0. The van der Waals surface area contributed by atoms with Crippen LogP contribution in [0.25, 0.3) is 43.1 Å². The summed E-state index contributed by atoms with van der Waals surface area (Å²) in [6, 6.07) is 19.5. The van der Waals surface area contributed by atoms with Crippen molar-refractivity contribution < 1.29 is 0 Å². The SMILES string of the molecule is CC(C)(C)Cc1ccc2c3ccc(CC(C)(C)C)c4c(C(C)(C)C)ccc(c5ccc(C(C)(C)C)c1c25)c43. The number of rotatable bonds is 2.